The second-order valence-corrected chi connectivity index (χ2v) is 5.97. The monoisotopic (exact) mass is 340 g/mol. The lowest BCUT2D eigenvalue weighted by molar-refractivity contribution is -0.121. The molecule has 0 aliphatic rings. The van der Waals surface area contributed by atoms with Gasteiger partial charge in [-0.15, -0.1) is 11.3 Å². The molecule has 0 saturated carbocycles. The van der Waals surface area contributed by atoms with Gasteiger partial charge in [-0.25, -0.2) is 0 Å². The Kier molecular flexibility index (Phi) is 6.75. The van der Waals surface area contributed by atoms with Gasteiger partial charge < -0.3 is 10.1 Å². The molecule has 1 amide bonds. The molecule has 2 rings (SSSR count). The number of thiophene rings is 1. The Labute approximate surface area is 138 Å². The Bertz CT molecular complexity index is 634. The summed E-state index contributed by atoms with van der Waals surface area (Å²) in [4.78, 5) is 12.9. The first-order valence-electron chi connectivity index (χ1n) is 7.26. The number of aromatic nitrogens is 3. The number of ether oxygens (including phenoxy) is 1. The molecule has 2 heterocycles. The van der Waals surface area contributed by atoms with Crippen LogP contribution in [0.4, 0.5) is 0 Å². The maximum absolute atomic E-state index is 11.9. The van der Waals surface area contributed by atoms with Gasteiger partial charge in [0.25, 0.3) is 0 Å². The molecule has 2 aromatic rings. The highest BCUT2D eigenvalue weighted by Gasteiger charge is 2.11. The fourth-order valence-electron chi connectivity index (χ4n) is 1.97. The van der Waals surface area contributed by atoms with Crippen molar-refractivity contribution < 1.29 is 9.53 Å². The topological polar surface area (TPSA) is 71.9 Å². The van der Waals surface area contributed by atoms with Gasteiger partial charge >= 0.3 is 0 Å². The average Bonchev–Trinajstić information content (AvgIpc) is 3.14. The summed E-state index contributed by atoms with van der Waals surface area (Å²) in [6.45, 7) is 4.48. The molecule has 6 nitrogen and oxygen atoms in total. The highest BCUT2D eigenvalue weighted by atomic mass is 32.1. The zero-order valence-electron chi connectivity index (χ0n) is 12.5. The summed E-state index contributed by atoms with van der Waals surface area (Å²) in [5.74, 6) is 0.792. The van der Waals surface area contributed by atoms with Crippen LogP contribution in [0.2, 0.25) is 0 Å². The molecule has 0 radical (unpaired) electrons. The molecule has 120 valence electrons. The van der Waals surface area contributed by atoms with Crippen LogP contribution in [0, 0.1) is 4.77 Å². The Morgan fingerprint density at radius 1 is 1.59 bits per heavy atom. The SMILES string of the molecule is CCOCCCNC(=O)CCn1c(-c2cccs2)n[nH]c1=S. The third-order valence-corrected chi connectivity index (χ3v) is 4.23. The smallest absolute Gasteiger partial charge is 0.221 e. The molecule has 0 fully saturated rings. The summed E-state index contributed by atoms with van der Waals surface area (Å²) >= 11 is 6.83. The van der Waals surface area contributed by atoms with Crippen molar-refractivity contribution in [3.8, 4) is 10.7 Å². The van der Waals surface area contributed by atoms with Gasteiger partial charge in [-0.3, -0.25) is 14.5 Å². The van der Waals surface area contributed by atoms with E-state index in [0.717, 1.165) is 17.1 Å². The van der Waals surface area contributed by atoms with Crippen LogP contribution >= 0.6 is 23.6 Å². The molecule has 0 unspecified atom stereocenters. The lowest BCUT2D eigenvalue weighted by atomic mass is 10.3. The average molecular weight is 340 g/mol. The van der Waals surface area contributed by atoms with Crippen molar-refractivity contribution in [3.05, 3.63) is 22.3 Å². The standard InChI is InChI=1S/C14H20N4O2S2/c1-2-20-9-4-7-15-12(19)6-8-18-13(16-17-14(18)21)11-5-3-10-22-11/h3,5,10H,2,4,6-9H2,1H3,(H,15,19)(H,17,21). The second-order valence-electron chi connectivity index (χ2n) is 4.63. The minimum absolute atomic E-state index is 0.0109. The number of carbonyl (C=O) groups excluding carboxylic acids is 1. The van der Waals surface area contributed by atoms with E-state index in [-0.39, 0.29) is 5.91 Å². The maximum atomic E-state index is 11.9. The molecule has 0 saturated heterocycles. The van der Waals surface area contributed by atoms with E-state index in [4.69, 9.17) is 17.0 Å². The van der Waals surface area contributed by atoms with Crippen LogP contribution in [0.25, 0.3) is 10.7 Å². The number of amides is 1. The van der Waals surface area contributed by atoms with E-state index in [9.17, 15) is 4.79 Å². The molecule has 0 aromatic carbocycles. The number of carbonyl (C=O) groups is 1. The van der Waals surface area contributed by atoms with Crippen molar-refractivity contribution >= 4 is 29.5 Å². The van der Waals surface area contributed by atoms with E-state index in [1.165, 1.54) is 0 Å². The maximum Gasteiger partial charge on any atom is 0.221 e. The zero-order valence-corrected chi connectivity index (χ0v) is 14.1. The molecule has 2 aromatic heterocycles. The van der Waals surface area contributed by atoms with E-state index in [1.54, 1.807) is 11.3 Å². The summed E-state index contributed by atoms with van der Waals surface area (Å²) in [5.41, 5.74) is 0. The summed E-state index contributed by atoms with van der Waals surface area (Å²) in [5, 5.41) is 11.9. The number of hydrogen-bond acceptors (Lipinski definition) is 5. The lowest BCUT2D eigenvalue weighted by Crippen LogP contribution is -2.26. The van der Waals surface area contributed by atoms with Gasteiger partial charge in [-0.2, -0.15) is 5.10 Å². The number of hydrogen-bond donors (Lipinski definition) is 2. The van der Waals surface area contributed by atoms with Gasteiger partial charge in [0.1, 0.15) is 0 Å². The first-order valence-corrected chi connectivity index (χ1v) is 8.54. The predicted molar refractivity (Wildman–Crippen MR) is 89.5 cm³/mol. The molecule has 0 aliphatic carbocycles. The second kappa shape index (κ2) is 8.82. The van der Waals surface area contributed by atoms with E-state index in [0.29, 0.717) is 37.5 Å². The van der Waals surface area contributed by atoms with Crippen LogP contribution in [0.15, 0.2) is 17.5 Å². The Balaban J connectivity index is 1.83. The molecule has 0 aliphatic heterocycles. The van der Waals surface area contributed by atoms with E-state index in [2.05, 4.69) is 15.5 Å². The van der Waals surface area contributed by atoms with Crippen LogP contribution in [0.5, 0.6) is 0 Å². The molecule has 22 heavy (non-hydrogen) atoms. The quantitative estimate of drug-likeness (QED) is 0.544. The van der Waals surface area contributed by atoms with Crippen molar-refractivity contribution in [2.45, 2.75) is 26.3 Å². The highest BCUT2D eigenvalue weighted by Crippen LogP contribution is 2.22. The fourth-order valence-corrected chi connectivity index (χ4v) is 2.91. The van der Waals surface area contributed by atoms with Crippen LogP contribution in [0.1, 0.15) is 19.8 Å². The van der Waals surface area contributed by atoms with Crippen molar-refractivity contribution in [1.29, 1.82) is 0 Å². The van der Waals surface area contributed by atoms with Crippen molar-refractivity contribution in [2.75, 3.05) is 19.8 Å². The normalized spacial score (nSPS) is 10.8. The van der Waals surface area contributed by atoms with Crippen LogP contribution < -0.4 is 5.32 Å². The largest absolute Gasteiger partial charge is 0.382 e. The fraction of sp³-hybridized carbons (Fsp3) is 0.500. The van der Waals surface area contributed by atoms with Gasteiger partial charge in [-0.05, 0) is 37.0 Å². The molecular weight excluding hydrogens is 320 g/mol. The number of H-pyrrole nitrogens is 1. The first kappa shape index (κ1) is 16.9. The number of nitrogens with one attached hydrogen (secondary N) is 2. The molecular formula is C14H20N4O2S2. The molecule has 0 bridgehead atoms. The minimum atomic E-state index is 0.0109. The zero-order chi connectivity index (χ0) is 15.8. The number of rotatable bonds is 9. The Morgan fingerprint density at radius 2 is 2.45 bits per heavy atom. The minimum Gasteiger partial charge on any atom is -0.382 e. The van der Waals surface area contributed by atoms with Gasteiger partial charge in [0, 0.05) is 32.7 Å². The van der Waals surface area contributed by atoms with Gasteiger partial charge in [0.05, 0.1) is 4.88 Å². The predicted octanol–water partition coefficient (Wildman–Crippen LogP) is 2.60. The van der Waals surface area contributed by atoms with E-state index >= 15 is 0 Å². The van der Waals surface area contributed by atoms with Crippen molar-refractivity contribution in [2.24, 2.45) is 0 Å². The molecule has 2 N–H and O–H groups in total. The summed E-state index contributed by atoms with van der Waals surface area (Å²) in [6.07, 6.45) is 1.20. The molecule has 0 atom stereocenters. The molecule has 0 spiro atoms. The van der Waals surface area contributed by atoms with Crippen LogP contribution in [0.3, 0.4) is 0 Å². The van der Waals surface area contributed by atoms with E-state index < -0.39 is 0 Å². The van der Waals surface area contributed by atoms with Crippen molar-refractivity contribution in [3.63, 3.8) is 0 Å². The van der Waals surface area contributed by atoms with Gasteiger partial charge in [0.2, 0.25) is 5.91 Å². The number of nitrogens with zero attached hydrogens (tertiary/aromatic N) is 2. The number of aromatic amines is 1. The Morgan fingerprint density at radius 3 is 3.18 bits per heavy atom. The molecule has 8 heteroatoms. The Hall–Kier alpha value is -1.51. The van der Waals surface area contributed by atoms with Gasteiger partial charge in [0.15, 0.2) is 10.6 Å². The third kappa shape index (κ3) is 4.75. The summed E-state index contributed by atoms with van der Waals surface area (Å²) in [7, 11) is 0. The first-order chi connectivity index (χ1) is 10.7. The van der Waals surface area contributed by atoms with Crippen molar-refractivity contribution in [1.82, 2.24) is 20.1 Å². The summed E-state index contributed by atoms with van der Waals surface area (Å²) < 4.78 is 7.62. The third-order valence-electron chi connectivity index (χ3n) is 3.05. The van der Waals surface area contributed by atoms with E-state index in [1.807, 2.05) is 29.0 Å². The lowest BCUT2D eigenvalue weighted by Gasteiger charge is -2.07. The highest BCUT2D eigenvalue weighted by molar-refractivity contribution is 7.71. The van der Waals surface area contributed by atoms with Crippen LogP contribution in [-0.2, 0) is 16.1 Å². The summed E-state index contributed by atoms with van der Waals surface area (Å²) in [6, 6.07) is 3.95. The van der Waals surface area contributed by atoms with Crippen LogP contribution in [-0.4, -0.2) is 40.4 Å². The van der Waals surface area contributed by atoms with Gasteiger partial charge in [-0.1, -0.05) is 6.07 Å².